The van der Waals surface area contributed by atoms with Crippen LogP contribution in [0, 0.1) is 5.41 Å². The van der Waals surface area contributed by atoms with Crippen LogP contribution in [-0.4, -0.2) is 33.8 Å². The van der Waals surface area contributed by atoms with Crippen molar-refractivity contribution in [2.75, 3.05) is 0 Å². The third-order valence-electron chi connectivity index (χ3n) is 1.16. The van der Waals surface area contributed by atoms with E-state index in [1.165, 1.54) is 4.68 Å². The van der Waals surface area contributed by atoms with Gasteiger partial charge in [-0.3, -0.25) is 10.4 Å². The molecule has 8 heteroatoms. The number of hydrogen-bond donors (Lipinski definition) is 5. The van der Waals surface area contributed by atoms with Gasteiger partial charge in [-0.05, 0) is 26.0 Å². The molecule has 1 aromatic heterocycles. The van der Waals surface area contributed by atoms with Crippen LogP contribution in [0.1, 0.15) is 27.7 Å². The van der Waals surface area contributed by atoms with Crippen LogP contribution in [-0.2, 0) is 0 Å². The van der Waals surface area contributed by atoms with Gasteiger partial charge in [-0.25, -0.2) is 4.68 Å². The molecular formula is C11H26N8. The second kappa shape index (κ2) is 11.0. The summed E-state index contributed by atoms with van der Waals surface area (Å²) in [6.45, 7) is 7.72. The van der Waals surface area contributed by atoms with Crippen LogP contribution in [0.3, 0.4) is 0 Å². The van der Waals surface area contributed by atoms with Crippen molar-refractivity contribution in [3.05, 3.63) is 18.5 Å². The molecule has 19 heavy (non-hydrogen) atoms. The molecule has 0 saturated carbocycles. The maximum absolute atomic E-state index is 6.83. The van der Waals surface area contributed by atoms with Crippen molar-refractivity contribution in [3.8, 4) is 0 Å². The monoisotopic (exact) mass is 270 g/mol. The lowest BCUT2D eigenvalue weighted by molar-refractivity contribution is 0.831. The van der Waals surface area contributed by atoms with Gasteiger partial charge >= 0.3 is 0 Å². The van der Waals surface area contributed by atoms with Crippen LogP contribution in [0.15, 0.2) is 23.5 Å². The predicted octanol–water partition coefficient (Wildman–Crippen LogP) is -0.354. The van der Waals surface area contributed by atoms with Crippen LogP contribution in [0.25, 0.3) is 0 Å². The van der Waals surface area contributed by atoms with Crippen LogP contribution in [0.4, 0.5) is 0 Å². The largest absolute Gasteiger partial charge is 0.370 e. The van der Waals surface area contributed by atoms with Gasteiger partial charge in [0, 0.05) is 18.4 Å². The molecule has 0 atom stereocenters. The van der Waals surface area contributed by atoms with E-state index < -0.39 is 0 Å². The Balaban J connectivity index is 0. The molecule has 0 aliphatic heterocycles. The summed E-state index contributed by atoms with van der Waals surface area (Å²) >= 11 is 0. The van der Waals surface area contributed by atoms with E-state index in [0.29, 0.717) is 6.04 Å². The Hall–Kier alpha value is -2.09. The van der Waals surface area contributed by atoms with Gasteiger partial charge < -0.3 is 22.9 Å². The first kappa shape index (κ1) is 19.3. The van der Waals surface area contributed by atoms with Crippen molar-refractivity contribution in [1.29, 1.82) is 5.41 Å². The summed E-state index contributed by atoms with van der Waals surface area (Å²) in [5, 5.41) is 10.5. The lowest BCUT2D eigenvalue weighted by Crippen LogP contribution is -2.24. The predicted molar refractivity (Wildman–Crippen MR) is 79.8 cm³/mol. The number of guanidine groups is 1. The highest BCUT2D eigenvalue weighted by atomic mass is 15.3. The second-order valence-corrected chi connectivity index (χ2v) is 4.23. The maximum Gasteiger partial charge on any atom is 0.213 e. The minimum atomic E-state index is -0.0602. The minimum Gasteiger partial charge on any atom is -0.370 e. The van der Waals surface area contributed by atoms with Crippen molar-refractivity contribution in [2.45, 2.75) is 39.8 Å². The van der Waals surface area contributed by atoms with Gasteiger partial charge in [-0.2, -0.15) is 5.10 Å². The van der Waals surface area contributed by atoms with Gasteiger partial charge in [0.15, 0.2) is 5.96 Å². The highest BCUT2D eigenvalue weighted by molar-refractivity contribution is 5.76. The first-order valence-corrected chi connectivity index (χ1v) is 5.85. The minimum absolute atomic E-state index is 0.0602. The molecule has 0 aliphatic rings. The van der Waals surface area contributed by atoms with Crippen LogP contribution in [0.5, 0.6) is 0 Å². The zero-order valence-electron chi connectivity index (χ0n) is 12.0. The molecular weight excluding hydrogens is 244 g/mol. The summed E-state index contributed by atoms with van der Waals surface area (Å²) in [5.41, 5.74) is 20.2. The normalized spacial score (nSPS) is 9.00. The van der Waals surface area contributed by atoms with E-state index in [0.717, 1.165) is 0 Å². The summed E-state index contributed by atoms with van der Waals surface area (Å²) in [4.78, 5) is 3.75. The quantitative estimate of drug-likeness (QED) is 0.348. The Morgan fingerprint density at radius 2 is 1.68 bits per heavy atom. The summed E-state index contributed by atoms with van der Waals surface area (Å²) in [6.07, 6.45) is 3.18. The molecule has 8 nitrogen and oxygen atoms in total. The summed E-state index contributed by atoms with van der Waals surface area (Å²) in [6, 6.07) is 2.26. The number of aliphatic imine (C=N–C) groups is 1. The second-order valence-electron chi connectivity index (χ2n) is 4.23. The van der Waals surface area contributed by atoms with Crippen LogP contribution >= 0.6 is 0 Å². The van der Waals surface area contributed by atoms with Crippen LogP contribution in [0.2, 0.25) is 0 Å². The van der Waals surface area contributed by atoms with E-state index in [1.54, 1.807) is 18.5 Å². The van der Waals surface area contributed by atoms with E-state index in [1.807, 2.05) is 27.7 Å². The number of nitrogens with zero attached hydrogens (tertiary/aromatic N) is 3. The van der Waals surface area contributed by atoms with Gasteiger partial charge in [0.1, 0.15) is 0 Å². The molecule has 0 fully saturated rings. The highest BCUT2D eigenvalue weighted by Gasteiger charge is 1.87. The molecule has 1 heterocycles. The molecule has 0 aromatic carbocycles. The van der Waals surface area contributed by atoms with Gasteiger partial charge in [-0.15, -0.1) is 0 Å². The molecule has 110 valence electrons. The number of nitrogens with one attached hydrogen (secondary N) is 1. The van der Waals surface area contributed by atoms with E-state index in [-0.39, 0.29) is 18.0 Å². The lowest BCUT2D eigenvalue weighted by Gasteiger charge is -1.93. The lowest BCUT2D eigenvalue weighted by atomic mass is 10.4. The molecule has 0 bridgehead atoms. The maximum atomic E-state index is 6.83. The van der Waals surface area contributed by atoms with E-state index in [2.05, 4.69) is 10.1 Å². The third kappa shape index (κ3) is 18.5. The van der Waals surface area contributed by atoms with Crippen molar-refractivity contribution < 1.29 is 0 Å². The standard InChI is InChI=1S/C4H6N4.C4H11N3.C3H9N/c5-4(6)8-3-1-2-7-8;1-3(2)7-4(5)6;1-3(2)4/h1-3H,(H3,5,6);3H,1-2H3,(H4,5,6,7);3H,4H2,1-2H3. The fourth-order valence-corrected chi connectivity index (χ4v) is 0.709. The number of nitrogen functional groups attached to an aromatic ring is 1. The average Bonchev–Trinajstić information content (AvgIpc) is 2.66. The van der Waals surface area contributed by atoms with Crippen molar-refractivity contribution in [3.63, 3.8) is 0 Å². The van der Waals surface area contributed by atoms with Gasteiger partial charge in [-0.1, -0.05) is 13.8 Å². The Morgan fingerprint density at radius 1 is 1.21 bits per heavy atom. The van der Waals surface area contributed by atoms with Gasteiger partial charge in [0.2, 0.25) is 5.96 Å². The zero-order valence-corrected chi connectivity index (χ0v) is 12.0. The first-order chi connectivity index (χ1) is 8.66. The van der Waals surface area contributed by atoms with E-state index in [4.69, 9.17) is 28.3 Å². The third-order valence-corrected chi connectivity index (χ3v) is 1.16. The Kier molecular flexibility index (Phi) is 11.2. The SMILES string of the molecule is CC(C)N.CC(C)N=C(N)N.N=C(N)n1cccn1. The number of hydrogen-bond acceptors (Lipinski definition) is 4. The first-order valence-electron chi connectivity index (χ1n) is 5.85. The average molecular weight is 270 g/mol. The molecule has 1 rings (SSSR count). The number of nitrogens with two attached hydrogens (primary N) is 4. The fraction of sp³-hybridized carbons (Fsp3) is 0.545. The molecule has 1 aromatic rings. The summed E-state index contributed by atoms with van der Waals surface area (Å²) in [5.74, 6) is 0.102. The summed E-state index contributed by atoms with van der Waals surface area (Å²) in [7, 11) is 0. The van der Waals surface area contributed by atoms with E-state index in [9.17, 15) is 0 Å². The smallest absolute Gasteiger partial charge is 0.213 e. The zero-order chi connectivity index (χ0) is 15.4. The number of aromatic nitrogens is 2. The molecule has 0 radical (unpaired) electrons. The Labute approximate surface area is 114 Å². The van der Waals surface area contributed by atoms with E-state index >= 15 is 0 Å². The summed E-state index contributed by atoms with van der Waals surface area (Å²) < 4.78 is 1.28. The van der Waals surface area contributed by atoms with Crippen molar-refractivity contribution >= 4 is 11.9 Å². The fourth-order valence-electron chi connectivity index (χ4n) is 0.709. The van der Waals surface area contributed by atoms with Gasteiger partial charge in [0.05, 0.1) is 0 Å². The Bertz CT molecular complexity index is 346. The highest BCUT2D eigenvalue weighted by Crippen LogP contribution is 1.80. The molecule has 0 saturated heterocycles. The molecule has 0 aliphatic carbocycles. The van der Waals surface area contributed by atoms with Gasteiger partial charge in [0.25, 0.3) is 0 Å². The molecule has 0 spiro atoms. The van der Waals surface area contributed by atoms with Crippen molar-refractivity contribution in [1.82, 2.24) is 9.78 Å². The Morgan fingerprint density at radius 3 is 1.79 bits per heavy atom. The van der Waals surface area contributed by atoms with Crippen molar-refractivity contribution in [2.24, 2.45) is 27.9 Å². The topological polar surface area (TPSA) is 158 Å². The molecule has 9 N–H and O–H groups in total. The van der Waals surface area contributed by atoms with Crippen LogP contribution < -0.4 is 22.9 Å². The molecule has 0 unspecified atom stereocenters. The molecule has 0 amide bonds. The number of rotatable bonds is 1.